The Balaban J connectivity index is 1.94. The number of unbranched alkanes of at least 4 members (excludes halogenated alkanes) is 1. The molecule has 0 unspecified atom stereocenters. The predicted octanol–water partition coefficient (Wildman–Crippen LogP) is 4.92. The molecule has 1 amide bonds. The van der Waals surface area contributed by atoms with Crippen molar-refractivity contribution in [3.8, 4) is 11.1 Å². The number of carbonyl (C=O) groups is 1. The molecule has 7 nitrogen and oxygen atoms in total. The highest BCUT2D eigenvalue weighted by molar-refractivity contribution is 6.39. The quantitative estimate of drug-likeness (QED) is 0.432. The van der Waals surface area contributed by atoms with Gasteiger partial charge in [0.05, 0.1) is 10.0 Å². The smallest absolute Gasteiger partial charge is 0.244 e. The van der Waals surface area contributed by atoms with Gasteiger partial charge in [-0.15, -0.1) is 0 Å². The van der Waals surface area contributed by atoms with Crippen molar-refractivity contribution in [2.75, 3.05) is 31.5 Å². The summed E-state index contributed by atoms with van der Waals surface area (Å²) in [6, 6.07) is 7.17. The van der Waals surface area contributed by atoms with Gasteiger partial charge in [-0.2, -0.15) is 9.98 Å². The molecule has 9 heteroatoms. The SMILES string of the molecule is CCN(CC)CCCCNc1ncc2cc(-c3c(Cl)cccc3Cl)/c(=N/C(C)=O)n(C)c2n1. The van der Waals surface area contributed by atoms with Gasteiger partial charge in [0, 0.05) is 43.2 Å². The zero-order valence-electron chi connectivity index (χ0n) is 19.5. The lowest BCUT2D eigenvalue weighted by atomic mass is 10.1. The lowest BCUT2D eigenvalue weighted by Crippen LogP contribution is -2.24. The molecule has 3 rings (SSSR count). The van der Waals surface area contributed by atoms with Crippen LogP contribution in [0.15, 0.2) is 35.5 Å². The molecule has 0 aliphatic rings. The van der Waals surface area contributed by atoms with E-state index in [1.807, 2.05) is 13.1 Å². The van der Waals surface area contributed by atoms with E-state index in [2.05, 4.69) is 39.0 Å². The van der Waals surface area contributed by atoms with E-state index < -0.39 is 0 Å². The maximum atomic E-state index is 11.9. The number of anilines is 1. The van der Waals surface area contributed by atoms with Crippen molar-refractivity contribution >= 4 is 46.1 Å². The molecule has 0 spiro atoms. The predicted molar refractivity (Wildman–Crippen MR) is 136 cm³/mol. The van der Waals surface area contributed by atoms with E-state index in [1.54, 1.807) is 29.0 Å². The summed E-state index contributed by atoms with van der Waals surface area (Å²) in [5, 5.41) is 5.05. The van der Waals surface area contributed by atoms with Crippen molar-refractivity contribution in [3.63, 3.8) is 0 Å². The minimum Gasteiger partial charge on any atom is -0.354 e. The Hall–Kier alpha value is -2.48. The van der Waals surface area contributed by atoms with Gasteiger partial charge < -0.3 is 14.8 Å². The molecule has 0 saturated carbocycles. The molecule has 0 aliphatic heterocycles. The lowest BCUT2D eigenvalue weighted by molar-refractivity contribution is -0.116. The Morgan fingerprint density at radius 2 is 1.88 bits per heavy atom. The zero-order chi connectivity index (χ0) is 24.0. The molecule has 1 aromatic carbocycles. The third kappa shape index (κ3) is 6.10. The second-order valence-electron chi connectivity index (χ2n) is 7.80. The van der Waals surface area contributed by atoms with Crippen molar-refractivity contribution in [1.29, 1.82) is 0 Å². The van der Waals surface area contributed by atoms with Crippen molar-refractivity contribution < 1.29 is 4.79 Å². The number of amides is 1. The Morgan fingerprint density at radius 3 is 2.52 bits per heavy atom. The number of rotatable bonds is 9. The summed E-state index contributed by atoms with van der Waals surface area (Å²) in [7, 11) is 1.82. The summed E-state index contributed by atoms with van der Waals surface area (Å²) in [4.78, 5) is 27.7. The minimum atomic E-state index is -0.324. The van der Waals surface area contributed by atoms with Crippen LogP contribution in [0.2, 0.25) is 10.0 Å². The van der Waals surface area contributed by atoms with Crippen LogP contribution in [0.3, 0.4) is 0 Å². The molecule has 33 heavy (non-hydrogen) atoms. The number of carbonyl (C=O) groups excluding carboxylic acids is 1. The first-order valence-corrected chi connectivity index (χ1v) is 11.9. The van der Waals surface area contributed by atoms with E-state index in [0.717, 1.165) is 44.4 Å². The number of pyridine rings is 1. The molecular weight excluding hydrogens is 459 g/mol. The van der Waals surface area contributed by atoms with E-state index in [0.29, 0.717) is 38.3 Å². The molecule has 0 atom stereocenters. The van der Waals surface area contributed by atoms with Gasteiger partial charge in [-0.25, -0.2) is 4.98 Å². The highest BCUT2D eigenvalue weighted by atomic mass is 35.5. The molecule has 0 aliphatic carbocycles. The van der Waals surface area contributed by atoms with Gasteiger partial charge in [0.25, 0.3) is 0 Å². The Morgan fingerprint density at radius 1 is 1.18 bits per heavy atom. The number of aromatic nitrogens is 3. The molecule has 2 heterocycles. The summed E-state index contributed by atoms with van der Waals surface area (Å²) < 4.78 is 1.78. The Kier molecular flexibility index (Phi) is 8.83. The van der Waals surface area contributed by atoms with Crippen LogP contribution in [0.4, 0.5) is 5.95 Å². The van der Waals surface area contributed by atoms with Gasteiger partial charge in [-0.3, -0.25) is 4.79 Å². The first-order chi connectivity index (χ1) is 15.8. The van der Waals surface area contributed by atoms with Crippen LogP contribution < -0.4 is 10.8 Å². The number of hydrogen-bond acceptors (Lipinski definition) is 5. The highest BCUT2D eigenvalue weighted by Crippen LogP contribution is 2.33. The summed E-state index contributed by atoms with van der Waals surface area (Å²) in [5.41, 5.74) is 2.36. The van der Waals surface area contributed by atoms with Gasteiger partial charge in [0.2, 0.25) is 11.9 Å². The summed E-state index contributed by atoms with van der Waals surface area (Å²) in [6.07, 6.45) is 3.89. The number of benzene rings is 1. The topological polar surface area (TPSA) is 75.4 Å². The number of fused-ring (bicyclic) bond motifs is 1. The van der Waals surface area contributed by atoms with Crippen LogP contribution in [0.25, 0.3) is 22.2 Å². The minimum absolute atomic E-state index is 0.324. The fourth-order valence-corrected chi connectivity index (χ4v) is 4.36. The van der Waals surface area contributed by atoms with Gasteiger partial charge in [-0.1, -0.05) is 43.1 Å². The van der Waals surface area contributed by atoms with Crippen molar-refractivity contribution in [1.82, 2.24) is 19.4 Å². The highest BCUT2D eigenvalue weighted by Gasteiger charge is 2.15. The molecule has 0 saturated heterocycles. The monoisotopic (exact) mass is 488 g/mol. The van der Waals surface area contributed by atoms with Crippen LogP contribution in [0.1, 0.15) is 33.6 Å². The van der Waals surface area contributed by atoms with Gasteiger partial charge >= 0.3 is 0 Å². The average molecular weight is 489 g/mol. The van der Waals surface area contributed by atoms with E-state index >= 15 is 0 Å². The summed E-state index contributed by atoms with van der Waals surface area (Å²) in [6.45, 7) is 9.80. The van der Waals surface area contributed by atoms with Crippen LogP contribution >= 0.6 is 23.2 Å². The van der Waals surface area contributed by atoms with Crippen LogP contribution in [-0.2, 0) is 11.8 Å². The largest absolute Gasteiger partial charge is 0.354 e. The molecular formula is C24H30Cl2N6O. The number of aryl methyl sites for hydroxylation is 1. The van der Waals surface area contributed by atoms with Crippen LogP contribution in [0, 0.1) is 0 Å². The van der Waals surface area contributed by atoms with Crippen LogP contribution in [-0.4, -0.2) is 51.5 Å². The van der Waals surface area contributed by atoms with E-state index in [-0.39, 0.29) is 5.91 Å². The molecule has 0 fully saturated rings. The van der Waals surface area contributed by atoms with Crippen molar-refractivity contribution in [2.24, 2.45) is 12.0 Å². The van der Waals surface area contributed by atoms with Gasteiger partial charge in [0.1, 0.15) is 11.1 Å². The first-order valence-electron chi connectivity index (χ1n) is 11.2. The zero-order valence-corrected chi connectivity index (χ0v) is 21.0. The van der Waals surface area contributed by atoms with Gasteiger partial charge in [-0.05, 0) is 50.7 Å². The fraction of sp³-hybridized carbons (Fsp3) is 0.417. The summed E-state index contributed by atoms with van der Waals surface area (Å²) >= 11 is 12.9. The lowest BCUT2D eigenvalue weighted by Gasteiger charge is -2.17. The van der Waals surface area contributed by atoms with Crippen molar-refractivity contribution in [2.45, 2.75) is 33.6 Å². The molecule has 1 N–H and O–H groups in total. The number of hydrogen-bond donors (Lipinski definition) is 1. The van der Waals surface area contributed by atoms with Crippen molar-refractivity contribution in [3.05, 3.63) is 46.0 Å². The fourth-order valence-electron chi connectivity index (χ4n) is 3.76. The molecule has 0 bridgehead atoms. The molecule has 3 aromatic rings. The normalized spacial score (nSPS) is 12.0. The second-order valence-corrected chi connectivity index (χ2v) is 8.62. The third-order valence-corrected chi connectivity index (χ3v) is 6.18. The standard InChI is InChI=1S/C24H30Cl2N6O/c1-5-32(6-2)13-8-7-12-27-24-28-15-17-14-18(21-19(25)10-9-11-20(21)26)23(29-16(3)33)31(4)22(17)30-24/h9-11,14-15H,5-8,12-13H2,1-4H3,(H,27,28,30)/b29-23-. The van der Waals surface area contributed by atoms with Crippen LogP contribution in [0.5, 0.6) is 0 Å². The number of nitrogens with one attached hydrogen (secondary N) is 1. The number of halogens is 2. The Labute approximate surface area is 204 Å². The van der Waals surface area contributed by atoms with Gasteiger partial charge in [0.15, 0.2) is 0 Å². The Bertz CT molecular complexity index is 1180. The summed E-state index contributed by atoms with van der Waals surface area (Å²) in [5.74, 6) is 0.216. The van der Waals surface area contributed by atoms with E-state index in [1.165, 1.54) is 6.92 Å². The average Bonchev–Trinajstić information content (AvgIpc) is 2.78. The van der Waals surface area contributed by atoms with E-state index in [9.17, 15) is 4.79 Å². The molecule has 0 radical (unpaired) electrons. The molecule has 176 valence electrons. The maximum absolute atomic E-state index is 11.9. The van der Waals surface area contributed by atoms with E-state index in [4.69, 9.17) is 23.2 Å². The maximum Gasteiger partial charge on any atom is 0.244 e. The molecule has 2 aromatic heterocycles. The third-order valence-electron chi connectivity index (χ3n) is 5.55. The second kappa shape index (κ2) is 11.6. The number of nitrogens with zero attached hydrogens (tertiary/aromatic N) is 5. The first kappa shape index (κ1) is 25.1.